The second-order valence-corrected chi connectivity index (χ2v) is 8.47. The monoisotopic (exact) mass is 448 g/mol. The molecule has 0 fully saturated rings. The van der Waals surface area contributed by atoms with E-state index in [-0.39, 0.29) is 23.4 Å². The van der Waals surface area contributed by atoms with Gasteiger partial charge in [-0.15, -0.1) is 0 Å². The van der Waals surface area contributed by atoms with Crippen molar-refractivity contribution in [2.75, 3.05) is 11.4 Å². The molecule has 1 heterocycles. The molecule has 0 bridgehead atoms. The molecule has 31 heavy (non-hydrogen) atoms. The number of rotatable bonds is 5. The summed E-state index contributed by atoms with van der Waals surface area (Å²) in [5, 5.41) is 0. The molecule has 4 nitrogen and oxygen atoms in total. The van der Waals surface area contributed by atoms with Gasteiger partial charge in [0.1, 0.15) is 0 Å². The van der Waals surface area contributed by atoms with Gasteiger partial charge in [0.25, 0.3) is 5.91 Å². The molecule has 1 aliphatic heterocycles. The molecule has 2 aromatic carbocycles. The molecular formula is C23H23F3N2O2S. The SMILES string of the molecule is CCN(C(=O)/C=C1/Sc2ccccc2N(Cc2cccc(C(F)(F)F)c2)C1=O)C(C)C. The smallest absolute Gasteiger partial charge is 0.337 e. The molecule has 0 N–H and O–H groups in total. The molecule has 1 aliphatic rings. The number of fused-ring (bicyclic) bond motifs is 1. The van der Waals surface area contributed by atoms with Crippen LogP contribution < -0.4 is 4.90 Å². The molecule has 2 aromatic rings. The van der Waals surface area contributed by atoms with E-state index in [4.69, 9.17) is 0 Å². The topological polar surface area (TPSA) is 40.6 Å². The fourth-order valence-corrected chi connectivity index (χ4v) is 4.44. The van der Waals surface area contributed by atoms with Crippen LogP contribution in [0.15, 0.2) is 64.4 Å². The van der Waals surface area contributed by atoms with Crippen LogP contribution in [0, 0.1) is 0 Å². The highest BCUT2D eigenvalue weighted by molar-refractivity contribution is 8.04. The molecule has 0 aliphatic carbocycles. The summed E-state index contributed by atoms with van der Waals surface area (Å²) in [5.74, 6) is -0.680. The zero-order chi connectivity index (χ0) is 22.8. The van der Waals surface area contributed by atoms with Crippen LogP contribution in [0.1, 0.15) is 31.9 Å². The van der Waals surface area contributed by atoms with Gasteiger partial charge in [0.05, 0.1) is 22.7 Å². The van der Waals surface area contributed by atoms with Crippen LogP contribution in [0.2, 0.25) is 0 Å². The van der Waals surface area contributed by atoms with Crippen molar-refractivity contribution in [3.05, 3.63) is 70.6 Å². The number of carbonyl (C=O) groups is 2. The Balaban J connectivity index is 1.97. The Morgan fingerprint density at radius 2 is 1.87 bits per heavy atom. The number of halogens is 3. The Hall–Kier alpha value is -2.74. The third kappa shape index (κ3) is 5.12. The molecule has 0 radical (unpaired) electrons. The average molecular weight is 449 g/mol. The van der Waals surface area contributed by atoms with E-state index in [2.05, 4.69) is 0 Å². The number of carbonyl (C=O) groups excluding carboxylic acids is 2. The zero-order valence-electron chi connectivity index (χ0n) is 17.4. The summed E-state index contributed by atoms with van der Waals surface area (Å²) in [7, 11) is 0. The van der Waals surface area contributed by atoms with Crippen LogP contribution >= 0.6 is 11.8 Å². The molecule has 0 unspecified atom stereocenters. The predicted octanol–water partition coefficient (Wildman–Crippen LogP) is 5.49. The van der Waals surface area contributed by atoms with E-state index in [9.17, 15) is 22.8 Å². The molecule has 8 heteroatoms. The van der Waals surface area contributed by atoms with Crippen LogP contribution in [0.25, 0.3) is 0 Å². The highest BCUT2D eigenvalue weighted by Gasteiger charge is 2.33. The number of amides is 2. The second kappa shape index (κ2) is 9.18. The molecule has 0 saturated heterocycles. The number of thioether (sulfide) groups is 1. The zero-order valence-corrected chi connectivity index (χ0v) is 18.3. The van der Waals surface area contributed by atoms with E-state index in [1.165, 1.54) is 28.8 Å². The van der Waals surface area contributed by atoms with Crippen LogP contribution in [0.3, 0.4) is 0 Å². The number of anilines is 1. The molecule has 0 spiro atoms. The number of nitrogens with zero attached hydrogens (tertiary/aromatic N) is 2. The van der Waals surface area contributed by atoms with Gasteiger partial charge in [-0.1, -0.05) is 36.0 Å². The van der Waals surface area contributed by atoms with Gasteiger partial charge in [-0.2, -0.15) is 13.2 Å². The Morgan fingerprint density at radius 3 is 2.52 bits per heavy atom. The van der Waals surface area contributed by atoms with E-state index in [0.29, 0.717) is 17.8 Å². The molecular weight excluding hydrogens is 425 g/mol. The van der Waals surface area contributed by atoms with Crippen LogP contribution in [-0.4, -0.2) is 29.3 Å². The van der Waals surface area contributed by atoms with Crippen molar-refractivity contribution < 1.29 is 22.8 Å². The minimum absolute atomic E-state index is 0.0217. The lowest BCUT2D eigenvalue weighted by molar-refractivity contribution is -0.137. The van der Waals surface area contributed by atoms with Crippen LogP contribution in [-0.2, 0) is 22.3 Å². The van der Waals surface area contributed by atoms with Gasteiger partial charge < -0.3 is 9.80 Å². The summed E-state index contributed by atoms with van der Waals surface area (Å²) < 4.78 is 39.3. The van der Waals surface area contributed by atoms with Crippen molar-refractivity contribution in [2.24, 2.45) is 0 Å². The standard InChI is InChI=1S/C23H23F3N2O2S/c1-4-27(15(2)3)21(29)13-20-22(30)28(18-10-5-6-11-19(18)31-20)14-16-8-7-9-17(12-16)23(24,25)26/h5-13,15H,4,14H2,1-3H3/b20-13+. The second-order valence-electron chi connectivity index (χ2n) is 7.39. The third-order valence-electron chi connectivity index (χ3n) is 4.93. The summed E-state index contributed by atoms with van der Waals surface area (Å²) in [5.41, 5.74) is 0.197. The van der Waals surface area contributed by atoms with Crippen molar-refractivity contribution in [2.45, 2.75) is 44.4 Å². The lowest BCUT2D eigenvalue weighted by Crippen LogP contribution is -2.37. The Morgan fingerprint density at radius 1 is 1.16 bits per heavy atom. The van der Waals surface area contributed by atoms with Gasteiger partial charge in [0, 0.05) is 23.6 Å². The van der Waals surface area contributed by atoms with Crippen molar-refractivity contribution in [1.29, 1.82) is 0 Å². The maximum atomic E-state index is 13.2. The summed E-state index contributed by atoms with van der Waals surface area (Å²) in [6.07, 6.45) is -3.14. The number of likely N-dealkylation sites (N-methyl/N-ethyl adjacent to an activating group) is 1. The number of para-hydroxylation sites is 1. The Kier molecular flexibility index (Phi) is 6.79. The third-order valence-corrected chi connectivity index (χ3v) is 6.01. The summed E-state index contributed by atoms with van der Waals surface area (Å²) in [4.78, 5) is 30.0. The Bertz CT molecular complexity index is 1020. The largest absolute Gasteiger partial charge is 0.416 e. The van der Waals surface area contributed by atoms with Crippen molar-refractivity contribution >= 4 is 29.3 Å². The average Bonchev–Trinajstić information content (AvgIpc) is 2.71. The first kappa shape index (κ1) is 22.9. The highest BCUT2D eigenvalue weighted by Crippen LogP contribution is 2.42. The lowest BCUT2D eigenvalue weighted by atomic mass is 10.1. The predicted molar refractivity (Wildman–Crippen MR) is 116 cm³/mol. The van der Waals surface area contributed by atoms with E-state index < -0.39 is 17.6 Å². The molecule has 3 rings (SSSR count). The van der Waals surface area contributed by atoms with Gasteiger partial charge in [0.2, 0.25) is 5.91 Å². The highest BCUT2D eigenvalue weighted by atomic mass is 32.2. The van der Waals surface area contributed by atoms with Gasteiger partial charge in [0.15, 0.2) is 0 Å². The molecule has 2 amide bonds. The minimum atomic E-state index is -4.46. The normalized spacial score (nSPS) is 15.4. The first-order valence-electron chi connectivity index (χ1n) is 9.89. The molecule has 0 aromatic heterocycles. The molecule has 0 atom stereocenters. The van der Waals surface area contributed by atoms with Gasteiger partial charge in [-0.05, 0) is 50.6 Å². The number of benzene rings is 2. The molecule has 0 saturated carbocycles. The van der Waals surface area contributed by atoms with E-state index in [1.54, 1.807) is 23.1 Å². The van der Waals surface area contributed by atoms with Crippen molar-refractivity contribution in [1.82, 2.24) is 4.90 Å². The minimum Gasteiger partial charge on any atom is -0.337 e. The van der Waals surface area contributed by atoms with E-state index in [1.807, 2.05) is 32.9 Å². The van der Waals surface area contributed by atoms with Gasteiger partial charge >= 0.3 is 6.18 Å². The van der Waals surface area contributed by atoms with Crippen molar-refractivity contribution in [3.8, 4) is 0 Å². The number of hydrogen-bond donors (Lipinski definition) is 0. The van der Waals surface area contributed by atoms with E-state index >= 15 is 0 Å². The fraction of sp³-hybridized carbons (Fsp3) is 0.304. The van der Waals surface area contributed by atoms with Crippen LogP contribution in [0.5, 0.6) is 0 Å². The number of alkyl halides is 3. The quantitative estimate of drug-likeness (QED) is 0.569. The fourth-order valence-electron chi connectivity index (χ4n) is 3.42. The number of hydrogen-bond acceptors (Lipinski definition) is 3. The summed E-state index contributed by atoms with van der Waals surface area (Å²) >= 11 is 1.20. The summed E-state index contributed by atoms with van der Waals surface area (Å²) in [6, 6.07) is 12.1. The Labute approximate surface area is 183 Å². The summed E-state index contributed by atoms with van der Waals surface area (Å²) in [6.45, 7) is 6.12. The van der Waals surface area contributed by atoms with Crippen molar-refractivity contribution in [3.63, 3.8) is 0 Å². The van der Waals surface area contributed by atoms with Crippen LogP contribution in [0.4, 0.5) is 18.9 Å². The van der Waals surface area contributed by atoms with Gasteiger partial charge in [-0.3, -0.25) is 9.59 Å². The lowest BCUT2D eigenvalue weighted by Gasteiger charge is -2.31. The maximum absolute atomic E-state index is 13.2. The molecule has 164 valence electrons. The first-order chi connectivity index (χ1) is 14.6. The first-order valence-corrected chi connectivity index (χ1v) is 10.7. The van der Waals surface area contributed by atoms with E-state index in [0.717, 1.165) is 17.0 Å². The maximum Gasteiger partial charge on any atom is 0.416 e. The van der Waals surface area contributed by atoms with Gasteiger partial charge in [-0.25, -0.2) is 0 Å².